The second-order valence-corrected chi connectivity index (χ2v) is 5.56. The van der Waals surface area contributed by atoms with Gasteiger partial charge in [-0.1, -0.05) is 20.8 Å². The molecule has 0 radical (unpaired) electrons. The molecule has 0 spiro atoms. The summed E-state index contributed by atoms with van der Waals surface area (Å²) in [6.45, 7) is 5.37. The zero-order chi connectivity index (χ0) is 10.7. The first kappa shape index (κ1) is 12.4. The average molecular weight is 210 g/mol. The van der Waals surface area contributed by atoms with Gasteiger partial charge in [0, 0.05) is 0 Å². The van der Waals surface area contributed by atoms with Crippen LogP contribution in [0.5, 0.6) is 0 Å². The van der Waals surface area contributed by atoms with Crippen molar-refractivity contribution in [3.63, 3.8) is 0 Å². The van der Waals surface area contributed by atoms with Gasteiger partial charge in [-0.15, -0.1) is 0 Å². The van der Waals surface area contributed by atoms with Crippen molar-refractivity contribution < 1.29 is 22.5 Å². The summed E-state index contributed by atoms with van der Waals surface area (Å²) in [5.41, 5.74) is -0.300. The Balaban J connectivity index is 4.13. The molecule has 0 heterocycles. The molecule has 0 saturated carbocycles. The summed E-state index contributed by atoms with van der Waals surface area (Å²) in [6, 6.07) is 0. The molecule has 0 fully saturated rings. The number of carboxylic acid groups (broad SMARTS) is 1. The van der Waals surface area contributed by atoms with Crippen LogP contribution in [0.4, 0.5) is 0 Å². The van der Waals surface area contributed by atoms with Gasteiger partial charge in [-0.3, -0.25) is 8.98 Å². The predicted molar refractivity (Wildman–Crippen MR) is 46.8 cm³/mol. The number of carboxylic acids is 1. The minimum absolute atomic E-state index is 0.0113. The monoisotopic (exact) mass is 210 g/mol. The van der Waals surface area contributed by atoms with Crippen molar-refractivity contribution in [1.29, 1.82) is 0 Å². The van der Waals surface area contributed by atoms with Crippen LogP contribution in [0, 0.1) is 5.41 Å². The van der Waals surface area contributed by atoms with Crippen molar-refractivity contribution in [2.45, 2.75) is 20.8 Å². The van der Waals surface area contributed by atoms with Crippen LogP contribution in [0.3, 0.4) is 0 Å². The predicted octanol–water partition coefficient (Wildman–Crippen LogP) is 0.463. The third-order valence-corrected chi connectivity index (χ3v) is 2.05. The molecule has 0 rings (SSSR count). The average Bonchev–Trinajstić information content (AvgIpc) is 1.79. The molecular weight excluding hydrogens is 196 g/mol. The number of aliphatic carboxylic acids is 1. The topological polar surface area (TPSA) is 80.7 Å². The maximum absolute atomic E-state index is 10.9. The first-order valence-corrected chi connectivity index (χ1v) is 5.29. The number of rotatable bonds is 4. The van der Waals surface area contributed by atoms with Crippen LogP contribution in [-0.4, -0.2) is 31.9 Å². The molecule has 0 aliphatic carbocycles. The second kappa shape index (κ2) is 4.06. The first-order valence-electron chi connectivity index (χ1n) is 3.71. The van der Waals surface area contributed by atoms with E-state index >= 15 is 0 Å². The second-order valence-electron chi connectivity index (χ2n) is 3.92. The van der Waals surface area contributed by atoms with E-state index in [4.69, 9.17) is 5.11 Å². The Kier molecular flexibility index (Phi) is 3.87. The molecule has 78 valence electrons. The molecule has 0 amide bonds. The van der Waals surface area contributed by atoms with Gasteiger partial charge in [0.25, 0.3) is 10.1 Å². The molecule has 0 aliphatic rings. The van der Waals surface area contributed by atoms with Crippen LogP contribution in [0.25, 0.3) is 0 Å². The van der Waals surface area contributed by atoms with Crippen molar-refractivity contribution in [1.82, 2.24) is 0 Å². The van der Waals surface area contributed by atoms with E-state index in [2.05, 4.69) is 4.18 Å². The van der Waals surface area contributed by atoms with Crippen molar-refractivity contribution >= 4 is 16.1 Å². The Bertz CT molecular complexity index is 272. The molecule has 0 aromatic heterocycles. The maximum Gasteiger partial charge on any atom is 0.321 e. The standard InChI is InChI=1S/C7H14O5S/c1-7(2,3)5-12-13(10,11)4-6(8)9/h4-5H2,1-3H3,(H,8,9). The van der Waals surface area contributed by atoms with Crippen LogP contribution in [0.2, 0.25) is 0 Å². The molecule has 6 heteroatoms. The highest BCUT2D eigenvalue weighted by Crippen LogP contribution is 2.14. The van der Waals surface area contributed by atoms with Crippen molar-refractivity contribution in [3.8, 4) is 0 Å². The minimum Gasteiger partial charge on any atom is -0.480 e. The van der Waals surface area contributed by atoms with E-state index in [-0.39, 0.29) is 12.0 Å². The largest absolute Gasteiger partial charge is 0.480 e. The summed E-state index contributed by atoms with van der Waals surface area (Å²) in [7, 11) is -3.91. The number of hydrogen-bond donors (Lipinski definition) is 1. The lowest BCUT2D eigenvalue weighted by molar-refractivity contribution is -0.134. The van der Waals surface area contributed by atoms with Crippen molar-refractivity contribution in [3.05, 3.63) is 0 Å². The summed E-state index contributed by atoms with van der Waals surface area (Å²) in [5, 5.41) is 8.22. The molecule has 0 aromatic carbocycles. The molecule has 1 N–H and O–H groups in total. The van der Waals surface area contributed by atoms with Crippen LogP contribution in [0.1, 0.15) is 20.8 Å². The van der Waals surface area contributed by atoms with E-state index < -0.39 is 21.8 Å². The van der Waals surface area contributed by atoms with Crippen molar-refractivity contribution in [2.24, 2.45) is 5.41 Å². The smallest absolute Gasteiger partial charge is 0.321 e. The van der Waals surface area contributed by atoms with Gasteiger partial charge in [-0.05, 0) is 5.41 Å². The molecule has 0 aliphatic heterocycles. The molecule has 0 saturated heterocycles. The number of hydrogen-bond acceptors (Lipinski definition) is 4. The highest BCUT2D eigenvalue weighted by Gasteiger charge is 2.20. The van der Waals surface area contributed by atoms with E-state index in [1.807, 2.05) is 0 Å². The lowest BCUT2D eigenvalue weighted by Gasteiger charge is -2.16. The van der Waals surface area contributed by atoms with Gasteiger partial charge in [-0.25, -0.2) is 0 Å². The molecule has 13 heavy (non-hydrogen) atoms. The lowest BCUT2D eigenvalue weighted by Crippen LogP contribution is -2.23. The summed E-state index contributed by atoms with van der Waals surface area (Å²) < 4.78 is 26.3. The van der Waals surface area contributed by atoms with E-state index in [0.29, 0.717) is 0 Å². The van der Waals surface area contributed by atoms with Gasteiger partial charge >= 0.3 is 5.97 Å². The zero-order valence-electron chi connectivity index (χ0n) is 7.90. The molecule has 0 unspecified atom stereocenters. The third kappa shape index (κ3) is 7.73. The highest BCUT2D eigenvalue weighted by atomic mass is 32.2. The van der Waals surface area contributed by atoms with E-state index in [1.165, 1.54) is 0 Å². The third-order valence-electron chi connectivity index (χ3n) is 0.972. The van der Waals surface area contributed by atoms with Gasteiger partial charge in [0.2, 0.25) is 0 Å². The van der Waals surface area contributed by atoms with Gasteiger partial charge < -0.3 is 5.11 Å². The SMILES string of the molecule is CC(C)(C)COS(=O)(=O)CC(=O)O. The Morgan fingerprint density at radius 2 is 1.85 bits per heavy atom. The summed E-state index contributed by atoms with van der Waals surface area (Å²) in [5.74, 6) is -2.39. The Morgan fingerprint density at radius 3 is 2.15 bits per heavy atom. The van der Waals surface area contributed by atoms with Crippen LogP contribution >= 0.6 is 0 Å². The normalized spacial score (nSPS) is 12.8. The Morgan fingerprint density at radius 1 is 1.38 bits per heavy atom. The quantitative estimate of drug-likeness (QED) is 0.682. The molecular formula is C7H14O5S. The van der Waals surface area contributed by atoms with Gasteiger partial charge in [0.1, 0.15) is 0 Å². The van der Waals surface area contributed by atoms with Crippen LogP contribution in [-0.2, 0) is 19.1 Å². The molecule has 0 bridgehead atoms. The minimum atomic E-state index is -3.91. The molecule has 0 aromatic rings. The Hall–Kier alpha value is -0.620. The number of carbonyl (C=O) groups is 1. The van der Waals surface area contributed by atoms with Crippen LogP contribution in [0.15, 0.2) is 0 Å². The fraction of sp³-hybridized carbons (Fsp3) is 0.857. The van der Waals surface area contributed by atoms with E-state index in [9.17, 15) is 13.2 Å². The maximum atomic E-state index is 10.9. The first-order chi connectivity index (χ1) is 5.62. The molecule has 0 atom stereocenters. The summed E-state index contributed by atoms with van der Waals surface area (Å²) in [4.78, 5) is 10.1. The van der Waals surface area contributed by atoms with Crippen LogP contribution < -0.4 is 0 Å². The summed E-state index contributed by atoms with van der Waals surface area (Å²) >= 11 is 0. The van der Waals surface area contributed by atoms with Gasteiger partial charge in [0.15, 0.2) is 5.75 Å². The zero-order valence-corrected chi connectivity index (χ0v) is 8.72. The van der Waals surface area contributed by atoms with Crippen molar-refractivity contribution in [2.75, 3.05) is 12.4 Å². The van der Waals surface area contributed by atoms with Gasteiger partial charge in [0.05, 0.1) is 6.61 Å². The van der Waals surface area contributed by atoms with E-state index in [1.54, 1.807) is 20.8 Å². The fourth-order valence-electron chi connectivity index (χ4n) is 0.459. The van der Waals surface area contributed by atoms with E-state index in [0.717, 1.165) is 0 Å². The molecule has 5 nitrogen and oxygen atoms in total. The summed E-state index contributed by atoms with van der Waals surface area (Å²) in [6.07, 6.45) is 0. The fourth-order valence-corrected chi connectivity index (χ4v) is 1.38. The highest BCUT2D eigenvalue weighted by molar-refractivity contribution is 7.87. The lowest BCUT2D eigenvalue weighted by atomic mass is 9.99. The van der Waals surface area contributed by atoms with Gasteiger partial charge in [-0.2, -0.15) is 8.42 Å². The Labute approximate surface area is 77.8 Å².